The Morgan fingerprint density at radius 2 is 2.29 bits per heavy atom. The Balaban J connectivity index is 2.83. The summed E-state index contributed by atoms with van der Waals surface area (Å²) in [6.45, 7) is 3.76. The highest BCUT2D eigenvalue weighted by molar-refractivity contribution is 8.03. The summed E-state index contributed by atoms with van der Waals surface area (Å²) in [5.41, 5.74) is 1.61. The van der Waals surface area contributed by atoms with Crippen LogP contribution in [0.1, 0.15) is 26.7 Å². The van der Waals surface area contributed by atoms with Gasteiger partial charge in [0, 0.05) is 0 Å². The number of nitrogens with zero attached hydrogens (tertiary/aromatic N) is 2. The van der Waals surface area contributed by atoms with E-state index in [0.717, 1.165) is 4.34 Å². The van der Waals surface area contributed by atoms with Crippen molar-refractivity contribution in [2.75, 3.05) is 0 Å². The minimum absolute atomic E-state index is 0.586. The lowest BCUT2D eigenvalue weighted by Gasteiger charge is -2.24. The number of rotatable bonds is 5. The smallest absolute Gasteiger partial charge is 0.320 e. The zero-order valence-corrected chi connectivity index (χ0v) is 9.69. The van der Waals surface area contributed by atoms with Gasteiger partial charge in [-0.1, -0.05) is 36.9 Å². The number of carbonyl (C=O) groups is 1. The summed E-state index contributed by atoms with van der Waals surface area (Å²) < 4.78 is -0.0319. The molecule has 1 rings (SSSR count). The molecule has 6 heteroatoms. The fourth-order valence-corrected chi connectivity index (χ4v) is 2.99. The van der Waals surface area contributed by atoms with E-state index in [1.54, 1.807) is 5.51 Å². The second-order valence-electron chi connectivity index (χ2n) is 2.81. The number of hydrogen-bond acceptors (Lipinski definition) is 5. The molecule has 4 nitrogen and oxygen atoms in total. The highest BCUT2D eigenvalue weighted by Crippen LogP contribution is 2.38. The van der Waals surface area contributed by atoms with E-state index in [1.807, 2.05) is 13.8 Å². The maximum absolute atomic E-state index is 11.1. The summed E-state index contributed by atoms with van der Waals surface area (Å²) in [5, 5.41) is 16.7. The standard InChI is InChI=1S/C8H12N2O2S2/c1-3-8(4-2,6(11)12)14-7-10-9-5-13-7/h5H,3-4H2,1-2H3,(H,11,12). The zero-order valence-electron chi connectivity index (χ0n) is 8.06. The number of aliphatic carboxylic acids is 1. The van der Waals surface area contributed by atoms with Crippen molar-refractivity contribution in [3.8, 4) is 0 Å². The molecule has 14 heavy (non-hydrogen) atoms. The van der Waals surface area contributed by atoms with Crippen molar-refractivity contribution in [2.24, 2.45) is 0 Å². The molecule has 0 amide bonds. The Morgan fingerprint density at radius 1 is 1.64 bits per heavy atom. The predicted octanol–water partition coefficient (Wildman–Crippen LogP) is 2.27. The third-order valence-electron chi connectivity index (χ3n) is 2.15. The van der Waals surface area contributed by atoms with E-state index in [4.69, 9.17) is 5.11 Å². The van der Waals surface area contributed by atoms with Crippen LogP contribution in [0.2, 0.25) is 0 Å². The van der Waals surface area contributed by atoms with Crippen molar-refractivity contribution in [1.82, 2.24) is 10.2 Å². The maximum atomic E-state index is 11.1. The van der Waals surface area contributed by atoms with Crippen LogP contribution in [-0.4, -0.2) is 26.0 Å². The van der Waals surface area contributed by atoms with Gasteiger partial charge in [-0.2, -0.15) is 0 Å². The van der Waals surface area contributed by atoms with Gasteiger partial charge in [0.25, 0.3) is 0 Å². The Hall–Kier alpha value is -0.620. The molecule has 0 saturated heterocycles. The Morgan fingerprint density at radius 3 is 2.64 bits per heavy atom. The minimum Gasteiger partial charge on any atom is -0.480 e. The summed E-state index contributed by atoms with van der Waals surface area (Å²) in [7, 11) is 0. The van der Waals surface area contributed by atoms with Gasteiger partial charge in [0.2, 0.25) is 0 Å². The van der Waals surface area contributed by atoms with Crippen LogP contribution in [0.15, 0.2) is 9.85 Å². The molecule has 0 aliphatic heterocycles. The lowest BCUT2D eigenvalue weighted by atomic mass is 10.0. The normalized spacial score (nSPS) is 11.6. The molecular weight excluding hydrogens is 220 g/mol. The molecular formula is C8H12N2O2S2. The van der Waals surface area contributed by atoms with Crippen LogP contribution in [0.3, 0.4) is 0 Å². The number of hydrogen-bond donors (Lipinski definition) is 1. The predicted molar refractivity (Wildman–Crippen MR) is 56.7 cm³/mol. The first-order valence-corrected chi connectivity index (χ1v) is 6.03. The molecule has 0 fully saturated rings. The fourth-order valence-electron chi connectivity index (χ4n) is 1.11. The topological polar surface area (TPSA) is 63.1 Å². The van der Waals surface area contributed by atoms with Crippen LogP contribution in [0.25, 0.3) is 0 Å². The van der Waals surface area contributed by atoms with Crippen LogP contribution in [-0.2, 0) is 4.79 Å². The first kappa shape index (κ1) is 11.5. The third kappa shape index (κ3) is 2.24. The number of carboxylic acid groups (broad SMARTS) is 1. The molecule has 1 heterocycles. The molecule has 0 aliphatic rings. The average Bonchev–Trinajstić information content (AvgIpc) is 2.66. The van der Waals surface area contributed by atoms with Gasteiger partial charge < -0.3 is 5.11 Å². The van der Waals surface area contributed by atoms with E-state index in [9.17, 15) is 4.79 Å². The molecule has 1 aromatic heterocycles. The van der Waals surface area contributed by atoms with Crippen LogP contribution < -0.4 is 0 Å². The molecule has 78 valence electrons. The largest absolute Gasteiger partial charge is 0.480 e. The van der Waals surface area contributed by atoms with Crippen molar-refractivity contribution < 1.29 is 9.90 Å². The SMILES string of the molecule is CCC(CC)(Sc1nncs1)C(=O)O. The first-order chi connectivity index (χ1) is 6.64. The number of carboxylic acids is 1. The van der Waals surface area contributed by atoms with Gasteiger partial charge in [0.15, 0.2) is 4.34 Å². The highest BCUT2D eigenvalue weighted by Gasteiger charge is 2.37. The molecule has 1 N–H and O–H groups in total. The lowest BCUT2D eigenvalue weighted by molar-refractivity contribution is -0.140. The zero-order chi connectivity index (χ0) is 10.6. The maximum Gasteiger partial charge on any atom is 0.320 e. The quantitative estimate of drug-likeness (QED) is 0.789. The monoisotopic (exact) mass is 232 g/mol. The van der Waals surface area contributed by atoms with Crippen LogP contribution in [0.4, 0.5) is 0 Å². The number of aromatic nitrogens is 2. The van der Waals surface area contributed by atoms with Gasteiger partial charge in [0.05, 0.1) is 0 Å². The van der Waals surface area contributed by atoms with Crippen molar-refractivity contribution in [1.29, 1.82) is 0 Å². The van der Waals surface area contributed by atoms with Crippen LogP contribution >= 0.6 is 23.1 Å². The minimum atomic E-state index is -0.775. The average molecular weight is 232 g/mol. The van der Waals surface area contributed by atoms with E-state index in [-0.39, 0.29) is 0 Å². The molecule has 0 radical (unpaired) electrons. The van der Waals surface area contributed by atoms with Crippen LogP contribution in [0.5, 0.6) is 0 Å². The molecule has 0 bridgehead atoms. The van der Waals surface area contributed by atoms with Gasteiger partial charge in [-0.25, -0.2) is 0 Å². The molecule has 0 atom stereocenters. The van der Waals surface area contributed by atoms with E-state index >= 15 is 0 Å². The molecule has 0 aromatic carbocycles. The molecule has 0 spiro atoms. The Kier molecular flexibility index (Phi) is 3.88. The van der Waals surface area contributed by atoms with E-state index in [2.05, 4.69) is 10.2 Å². The van der Waals surface area contributed by atoms with Gasteiger partial charge >= 0.3 is 5.97 Å². The number of thioether (sulfide) groups is 1. The molecule has 1 aromatic rings. The van der Waals surface area contributed by atoms with Crippen molar-refractivity contribution in [2.45, 2.75) is 35.8 Å². The van der Waals surface area contributed by atoms with Gasteiger partial charge in [-0.15, -0.1) is 10.2 Å². The lowest BCUT2D eigenvalue weighted by Crippen LogP contribution is -2.33. The third-order valence-corrected chi connectivity index (χ3v) is 4.58. The summed E-state index contributed by atoms with van der Waals surface area (Å²) >= 11 is 2.67. The van der Waals surface area contributed by atoms with Crippen molar-refractivity contribution in [3.63, 3.8) is 0 Å². The van der Waals surface area contributed by atoms with Crippen molar-refractivity contribution >= 4 is 29.1 Å². The second kappa shape index (κ2) is 4.75. The summed E-state index contributed by atoms with van der Waals surface area (Å²) in [5.74, 6) is -0.775. The molecule has 0 unspecified atom stereocenters. The van der Waals surface area contributed by atoms with Gasteiger partial charge in [-0.3, -0.25) is 4.79 Å². The van der Waals surface area contributed by atoms with Gasteiger partial charge in [-0.05, 0) is 12.8 Å². The summed E-state index contributed by atoms with van der Waals surface area (Å²) in [6, 6.07) is 0. The Labute approximate surface area is 90.7 Å². The molecule has 0 saturated carbocycles. The molecule has 0 aliphatic carbocycles. The Bertz CT molecular complexity index is 296. The fraction of sp³-hybridized carbons (Fsp3) is 0.625. The second-order valence-corrected chi connectivity index (χ2v) is 5.28. The summed E-state index contributed by atoms with van der Waals surface area (Å²) in [4.78, 5) is 11.1. The van der Waals surface area contributed by atoms with Crippen LogP contribution in [0, 0.1) is 0 Å². The van der Waals surface area contributed by atoms with E-state index < -0.39 is 10.7 Å². The van der Waals surface area contributed by atoms with E-state index in [0.29, 0.717) is 12.8 Å². The van der Waals surface area contributed by atoms with Gasteiger partial charge in [0.1, 0.15) is 10.3 Å². The highest BCUT2D eigenvalue weighted by atomic mass is 32.2. The summed E-state index contributed by atoms with van der Waals surface area (Å²) in [6.07, 6.45) is 1.17. The van der Waals surface area contributed by atoms with E-state index in [1.165, 1.54) is 23.1 Å². The van der Waals surface area contributed by atoms with Crippen molar-refractivity contribution in [3.05, 3.63) is 5.51 Å². The first-order valence-electron chi connectivity index (χ1n) is 4.33.